The first kappa shape index (κ1) is 25.0. The van der Waals surface area contributed by atoms with Gasteiger partial charge in [0.05, 0.1) is 6.26 Å². The van der Waals surface area contributed by atoms with Gasteiger partial charge in [0.25, 0.3) is 5.91 Å². The third-order valence-electron chi connectivity index (χ3n) is 6.79. The summed E-state index contributed by atoms with van der Waals surface area (Å²) in [5, 5.41) is 3.54. The Balaban J connectivity index is 1.42. The van der Waals surface area contributed by atoms with Gasteiger partial charge in [-0.1, -0.05) is 41.9 Å². The number of benzene rings is 2. The Hall–Kier alpha value is -3.09. The van der Waals surface area contributed by atoms with Crippen LogP contribution >= 0.6 is 11.6 Å². The van der Waals surface area contributed by atoms with E-state index in [1.165, 1.54) is 18.8 Å². The Morgan fingerprint density at radius 1 is 1.09 bits per heavy atom. The fourth-order valence-electron chi connectivity index (χ4n) is 4.88. The van der Waals surface area contributed by atoms with Crippen LogP contribution in [-0.2, 0) is 17.8 Å². The minimum Gasteiger partial charge on any atom is -0.459 e. The second-order valence-electron chi connectivity index (χ2n) is 9.25. The van der Waals surface area contributed by atoms with Gasteiger partial charge in [0.15, 0.2) is 5.76 Å². The number of likely N-dealkylation sites (tertiary alicyclic amines) is 1. The first-order valence-electron chi connectivity index (χ1n) is 12.0. The van der Waals surface area contributed by atoms with Crippen LogP contribution in [0.15, 0.2) is 71.3 Å². The molecule has 1 saturated heterocycles. The Kier molecular flexibility index (Phi) is 8.26. The number of carbonyl (C=O) groups excluding carboxylic acids is 2. The molecule has 184 valence electrons. The van der Waals surface area contributed by atoms with Crippen LogP contribution in [0.5, 0.6) is 0 Å². The molecule has 35 heavy (non-hydrogen) atoms. The molecule has 2 heterocycles. The number of piperidine rings is 1. The summed E-state index contributed by atoms with van der Waals surface area (Å²) in [6.45, 7) is 4.29. The topological polar surface area (TPSA) is 65.8 Å². The van der Waals surface area contributed by atoms with Crippen molar-refractivity contribution in [3.8, 4) is 0 Å². The van der Waals surface area contributed by atoms with Crippen LogP contribution in [0.2, 0.25) is 5.02 Å². The third kappa shape index (κ3) is 6.53. The molecule has 0 unspecified atom stereocenters. The maximum absolute atomic E-state index is 13.1. The Labute approximate surface area is 211 Å². The first-order chi connectivity index (χ1) is 16.9. The summed E-state index contributed by atoms with van der Waals surface area (Å²) in [5.74, 6) is 0.542. The molecule has 0 radical (unpaired) electrons. The summed E-state index contributed by atoms with van der Waals surface area (Å²) in [6.07, 6.45) is 4.23. The molecule has 1 aliphatic rings. The smallest absolute Gasteiger partial charge is 0.289 e. The molecule has 1 N–H and O–H groups in total. The lowest BCUT2D eigenvalue weighted by atomic mass is 9.84. The zero-order chi connectivity index (χ0) is 24.8. The minimum absolute atomic E-state index is 0.0200. The van der Waals surface area contributed by atoms with Crippen LogP contribution in [0.1, 0.15) is 41.4 Å². The number of nitrogens with one attached hydrogen (secondary N) is 1. The molecule has 6 nitrogen and oxygen atoms in total. The van der Waals surface area contributed by atoms with E-state index in [9.17, 15) is 9.59 Å². The molecule has 0 bridgehead atoms. The molecule has 1 atom stereocenters. The number of nitrogens with zero attached hydrogens (tertiary/aromatic N) is 2. The predicted octanol–water partition coefficient (Wildman–Crippen LogP) is 5.49. The summed E-state index contributed by atoms with van der Waals surface area (Å²) in [5.41, 5.74) is 3.09. The fraction of sp³-hybridized carbons (Fsp3) is 0.357. The lowest BCUT2D eigenvalue weighted by molar-refractivity contribution is -0.114. The SMILES string of the molecule is CC(=O)Nc1ccc(CN2CCC([C@@H](Cc3ccccc3Cl)N(C)C(=O)c3ccco3)CC2)cc1. The van der Waals surface area contributed by atoms with Crippen molar-refractivity contribution in [3.05, 3.63) is 88.8 Å². The van der Waals surface area contributed by atoms with Gasteiger partial charge >= 0.3 is 0 Å². The van der Waals surface area contributed by atoms with Gasteiger partial charge in [-0.05, 0) is 79.7 Å². The number of hydrogen-bond donors (Lipinski definition) is 1. The van der Waals surface area contributed by atoms with Crippen LogP contribution in [0.25, 0.3) is 0 Å². The summed E-state index contributed by atoms with van der Waals surface area (Å²) in [6, 6.07) is 19.4. The first-order valence-corrected chi connectivity index (χ1v) is 12.4. The standard InChI is InChI=1S/C28H32ClN3O3/c1-20(33)30-24-11-9-21(10-12-24)19-32-15-13-22(14-16-32)26(18-23-6-3-4-7-25(23)29)31(2)28(34)27-8-5-17-35-27/h3-12,17,22,26H,13-16,18-19H2,1-2H3,(H,30,33)/t26-/m1/s1. The van der Waals surface area contributed by atoms with Crippen LogP contribution in [0, 0.1) is 5.92 Å². The molecule has 1 fully saturated rings. The van der Waals surface area contributed by atoms with Gasteiger partial charge in [-0.15, -0.1) is 0 Å². The van der Waals surface area contributed by atoms with Crippen molar-refractivity contribution in [1.29, 1.82) is 0 Å². The van der Waals surface area contributed by atoms with E-state index < -0.39 is 0 Å². The van der Waals surface area contributed by atoms with E-state index in [2.05, 4.69) is 22.3 Å². The van der Waals surface area contributed by atoms with E-state index in [4.69, 9.17) is 16.0 Å². The molecule has 1 aromatic heterocycles. The van der Waals surface area contributed by atoms with Crippen LogP contribution in [0.4, 0.5) is 5.69 Å². The monoisotopic (exact) mass is 493 g/mol. The summed E-state index contributed by atoms with van der Waals surface area (Å²) in [4.78, 5) is 28.6. The number of furan rings is 1. The van der Waals surface area contributed by atoms with E-state index >= 15 is 0 Å². The Morgan fingerprint density at radius 2 is 1.80 bits per heavy atom. The maximum Gasteiger partial charge on any atom is 0.289 e. The molecule has 2 amide bonds. The quantitative estimate of drug-likeness (QED) is 0.451. The second-order valence-corrected chi connectivity index (χ2v) is 9.66. The van der Waals surface area contributed by atoms with Crippen molar-refractivity contribution in [2.45, 2.75) is 38.8 Å². The molecule has 4 rings (SSSR count). The van der Waals surface area contributed by atoms with E-state index in [-0.39, 0.29) is 17.9 Å². The number of amides is 2. The van der Waals surface area contributed by atoms with Gasteiger partial charge in [-0.3, -0.25) is 14.5 Å². The van der Waals surface area contributed by atoms with Gasteiger partial charge in [-0.25, -0.2) is 0 Å². The summed E-state index contributed by atoms with van der Waals surface area (Å²) >= 11 is 6.49. The molecule has 1 aliphatic heterocycles. The van der Waals surface area contributed by atoms with E-state index in [0.29, 0.717) is 18.1 Å². The highest BCUT2D eigenvalue weighted by Gasteiger charge is 2.33. The second kappa shape index (κ2) is 11.6. The largest absolute Gasteiger partial charge is 0.459 e. The van der Waals surface area contributed by atoms with Crippen molar-refractivity contribution in [2.75, 3.05) is 25.5 Å². The summed E-state index contributed by atoms with van der Waals surface area (Å²) < 4.78 is 5.39. The average Bonchev–Trinajstić information content (AvgIpc) is 3.39. The van der Waals surface area contributed by atoms with Crippen molar-refractivity contribution in [1.82, 2.24) is 9.80 Å². The van der Waals surface area contributed by atoms with Gasteiger partial charge in [0, 0.05) is 37.3 Å². The maximum atomic E-state index is 13.1. The molecular formula is C28H32ClN3O3. The fourth-order valence-corrected chi connectivity index (χ4v) is 5.10. The van der Waals surface area contributed by atoms with Gasteiger partial charge in [0.1, 0.15) is 0 Å². The number of hydrogen-bond acceptors (Lipinski definition) is 4. The number of carbonyl (C=O) groups is 2. The number of halogens is 1. The zero-order valence-corrected chi connectivity index (χ0v) is 21.0. The van der Waals surface area contributed by atoms with Crippen LogP contribution < -0.4 is 5.32 Å². The van der Waals surface area contributed by atoms with Gasteiger partial charge < -0.3 is 14.6 Å². The number of rotatable bonds is 8. The van der Waals surface area contributed by atoms with Crippen LogP contribution in [0.3, 0.4) is 0 Å². The molecule has 3 aromatic rings. The van der Waals surface area contributed by atoms with Crippen molar-refractivity contribution < 1.29 is 14.0 Å². The Morgan fingerprint density at radius 3 is 2.43 bits per heavy atom. The molecule has 2 aromatic carbocycles. The van der Waals surface area contributed by atoms with Crippen LogP contribution in [-0.4, -0.2) is 47.8 Å². The highest BCUT2D eigenvalue weighted by molar-refractivity contribution is 6.31. The lowest BCUT2D eigenvalue weighted by Crippen LogP contribution is -2.47. The normalized spacial score (nSPS) is 15.5. The van der Waals surface area contributed by atoms with E-state index in [0.717, 1.165) is 48.7 Å². The van der Waals surface area contributed by atoms with Crippen molar-refractivity contribution in [3.63, 3.8) is 0 Å². The number of anilines is 1. The van der Waals surface area contributed by atoms with Gasteiger partial charge in [-0.2, -0.15) is 0 Å². The van der Waals surface area contributed by atoms with Gasteiger partial charge in [0.2, 0.25) is 5.91 Å². The number of likely N-dealkylation sites (N-methyl/N-ethyl adjacent to an activating group) is 1. The van der Waals surface area contributed by atoms with Crippen molar-refractivity contribution in [2.24, 2.45) is 5.92 Å². The lowest BCUT2D eigenvalue weighted by Gasteiger charge is -2.40. The van der Waals surface area contributed by atoms with Crippen molar-refractivity contribution >= 4 is 29.1 Å². The minimum atomic E-state index is -0.103. The molecule has 0 aliphatic carbocycles. The third-order valence-corrected chi connectivity index (χ3v) is 7.16. The summed E-state index contributed by atoms with van der Waals surface area (Å²) in [7, 11) is 1.87. The molecule has 7 heteroatoms. The molecule has 0 spiro atoms. The molecular weight excluding hydrogens is 462 g/mol. The predicted molar refractivity (Wildman–Crippen MR) is 138 cm³/mol. The zero-order valence-electron chi connectivity index (χ0n) is 20.2. The highest BCUT2D eigenvalue weighted by Crippen LogP contribution is 2.30. The average molecular weight is 494 g/mol. The Bertz CT molecular complexity index is 1120. The molecule has 0 saturated carbocycles. The highest BCUT2D eigenvalue weighted by atomic mass is 35.5. The van der Waals surface area contributed by atoms with E-state index in [1.54, 1.807) is 12.1 Å². The van der Waals surface area contributed by atoms with E-state index in [1.807, 2.05) is 48.3 Å².